The Morgan fingerprint density at radius 2 is 1.37 bits per heavy atom. The van der Waals surface area contributed by atoms with Crippen molar-refractivity contribution < 1.29 is 0 Å². The summed E-state index contributed by atoms with van der Waals surface area (Å²) in [6, 6.07) is 25.7. The summed E-state index contributed by atoms with van der Waals surface area (Å²) in [6.45, 7) is 12.2. The molecule has 0 aromatic heterocycles. The average molecular weight is 389 g/mol. The van der Waals surface area contributed by atoms with Gasteiger partial charge in [0, 0.05) is 0 Å². The molecule has 148 valence electrons. The van der Waals surface area contributed by atoms with Gasteiger partial charge in [-0.15, -0.1) is 0 Å². The minimum absolute atomic E-state index is 0.974. The van der Waals surface area contributed by atoms with Gasteiger partial charge in [0.1, 0.15) is 0 Å². The quantitative estimate of drug-likeness (QED) is 0.355. The molecule has 0 saturated heterocycles. The van der Waals surface area contributed by atoms with E-state index in [0.717, 1.165) is 11.1 Å². The number of benzene rings is 3. The summed E-state index contributed by atoms with van der Waals surface area (Å²) in [5.74, 6) is 0. The summed E-state index contributed by atoms with van der Waals surface area (Å²) in [7, 11) is 0. The van der Waals surface area contributed by atoms with Crippen LogP contribution in [0.5, 0.6) is 0 Å². The molecule has 0 aliphatic heterocycles. The summed E-state index contributed by atoms with van der Waals surface area (Å²) >= 11 is 0. The van der Waals surface area contributed by atoms with Crippen LogP contribution in [0.1, 0.15) is 25.0 Å². The third-order valence-corrected chi connectivity index (χ3v) is 5.08. The highest BCUT2D eigenvalue weighted by atomic mass is 14.1. The molecule has 3 rings (SSSR count). The molecule has 3 aromatic carbocycles. The third-order valence-electron chi connectivity index (χ3n) is 5.08. The Hall–Kier alpha value is -3.64. The van der Waals surface area contributed by atoms with Gasteiger partial charge in [-0.25, -0.2) is 0 Å². The Morgan fingerprint density at radius 3 is 2.00 bits per heavy atom. The van der Waals surface area contributed by atoms with Crippen LogP contribution in [0.3, 0.4) is 0 Å². The van der Waals surface area contributed by atoms with Crippen LogP contribution in [0.4, 0.5) is 0 Å². The van der Waals surface area contributed by atoms with Gasteiger partial charge in [0.05, 0.1) is 0 Å². The monoisotopic (exact) mass is 388 g/mol. The van der Waals surface area contributed by atoms with Gasteiger partial charge in [-0.05, 0) is 64.4 Å². The molecule has 0 aliphatic carbocycles. The van der Waals surface area contributed by atoms with Crippen molar-refractivity contribution in [2.75, 3.05) is 0 Å². The molecule has 0 heterocycles. The van der Waals surface area contributed by atoms with E-state index in [4.69, 9.17) is 0 Å². The Labute approximate surface area is 180 Å². The van der Waals surface area contributed by atoms with E-state index in [0.29, 0.717) is 0 Å². The second kappa shape index (κ2) is 10.2. The molecule has 0 bridgehead atoms. The molecular formula is C30H28. The Balaban J connectivity index is 2.10. The van der Waals surface area contributed by atoms with Crippen LogP contribution in [0.25, 0.3) is 33.4 Å². The standard InChI is InChI=1S/C30H28/c1-5-7-14-23(3)27-18-9-11-20-29(27)25-16-13-17-26(22-25)30-21-12-10-19-28(30)24(4)15-8-6-2/h5-22H,1,3H2,2,4H3/b8-6-,14-7-,24-15+. The first-order valence-corrected chi connectivity index (χ1v) is 10.2. The van der Waals surface area contributed by atoms with Crippen LogP contribution in [0.15, 0.2) is 122 Å². The first kappa shape index (κ1) is 21.1. The smallest absolute Gasteiger partial charge is 0.0105 e. The van der Waals surface area contributed by atoms with Gasteiger partial charge in [0.25, 0.3) is 0 Å². The third kappa shape index (κ3) is 4.85. The molecule has 0 amide bonds. The molecule has 0 saturated carbocycles. The van der Waals surface area contributed by atoms with E-state index in [1.807, 2.05) is 19.1 Å². The second-order valence-electron chi connectivity index (χ2n) is 7.17. The van der Waals surface area contributed by atoms with E-state index < -0.39 is 0 Å². The highest BCUT2D eigenvalue weighted by Crippen LogP contribution is 2.34. The molecular weight excluding hydrogens is 360 g/mol. The van der Waals surface area contributed by atoms with Crippen molar-refractivity contribution in [2.24, 2.45) is 0 Å². The maximum Gasteiger partial charge on any atom is -0.0105 e. The van der Waals surface area contributed by atoms with E-state index in [2.05, 4.69) is 111 Å². The summed E-state index contributed by atoms with van der Waals surface area (Å²) < 4.78 is 0. The zero-order chi connectivity index (χ0) is 21.3. The molecule has 0 spiro atoms. The summed E-state index contributed by atoms with van der Waals surface area (Å²) in [4.78, 5) is 0. The van der Waals surface area contributed by atoms with Crippen LogP contribution in [0.2, 0.25) is 0 Å². The van der Waals surface area contributed by atoms with Crippen LogP contribution in [-0.2, 0) is 0 Å². The first-order chi connectivity index (χ1) is 14.7. The predicted octanol–water partition coefficient (Wildman–Crippen LogP) is 8.76. The van der Waals surface area contributed by atoms with Crippen molar-refractivity contribution >= 4 is 11.1 Å². The maximum atomic E-state index is 4.25. The van der Waals surface area contributed by atoms with E-state index in [9.17, 15) is 0 Å². The first-order valence-electron chi connectivity index (χ1n) is 10.2. The maximum absolute atomic E-state index is 4.25. The Kier molecular flexibility index (Phi) is 7.19. The average Bonchev–Trinajstić information content (AvgIpc) is 2.81. The highest BCUT2D eigenvalue weighted by molar-refractivity contribution is 5.87. The number of rotatable bonds is 7. The van der Waals surface area contributed by atoms with Crippen molar-refractivity contribution in [3.05, 3.63) is 134 Å². The van der Waals surface area contributed by atoms with Crippen LogP contribution < -0.4 is 0 Å². The van der Waals surface area contributed by atoms with Gasteiger partial charge >= 0.3 is 0 Å². The van der Waals surface area contributed by atoms with Gasteiger partial charge in [-0.2, -0.15) is 0 Å². The normalized spacial score (nSPS) is 11.9. The van der Waals surface area contributed by atoms with Gasteiger partial charge in [0.15, 0.2) is 0 Å². The Morgan fingerprint density at radius 1 is 0.767 bits per heavy atom. The van der Waals surface area contributed by atoms with Gasteiger partial charge in [0.2, 0.25) is 0 Å². The topological polar surface area (TPSA) is 0 Å². The minimum atomic E-state index is 0.974. The second-order valence-corrected chi connectivity index (χ2v) is 7.17. The van der Waals surface area contributed by atoms with Crippen molar-refractivity contribution in [3.63, 3.8) is 0 Å². The zero-order valence-corrected chi connectivity index (χ0v) is 17.8. The molecule has 0 atom stereocenters. The lowest BCUT2D eigenvalue weighted by molar-refractivity contribution is 1.52. The fourth-order valence-corrected chi connectivity index (χ4v) is 3.55. The minimum Gasteiger partial charge on any atom is -0.0991 e. The molecule has 3 aromatic rings. The van der Waals surface area contributed by atoms with E-state index in [1.54, 1.807) is 6.08 Å². The summed E-state index contributed by atoms with van der Waals surface area (Å²) in [5.41, 5.74) is 9.40. The van der Waals surface area contributed by atoms with Gasteiger partial charge in [-0.3, -0.25) is 0 Å². The van der Waals surface area contributed by atoms with Crippen LogP contribution in [-0.4, -0.2) is 0 Å². The van der Waals surface area contributed by atoms with Crippen molar-refractivity contribution in [1.82, 2.24) is 0 Å². The largest absolute Gasteiger partial charge is 0.0991 e. The van der Waals surface area contributed by atoms with E-state index in [-0.39, 0.29) is 0 Å². The summed E-state index contributed by atoms with van der Waals surface area (Å²) in [6.07, 6.45) is 12.0. The zero-order valence-electron chi connectivity index (χ0n) is 17.8. The summed E-state index contributed by atoms with van der Waals surface area (Å²) in [5, 5.41) is 0. The number of hydrogen-bond donors (Lipinski definition) is 0. The van der Waals surface area contributed by atoms with Crippen molar-refractivity contribution in [2.45, 2.75) is 13.8 Å². The fourth-order valence-electron chi connectivity index (χ4n) is 3.55. The molecule has 0 radical (unpaired) electrons. The predicted molar refractivity (Wildman–Crippen MR) is 134 cm³/mol. The SMILES string of the molecule is C=C/C=C\C(=C)c1ccccc1-c1cccc(-c2ccccc2/C(C)=C/C=C\C)c1. The Bertz CT molecular complexity index is 1140. The van der Waals surface area contributed by atoms with E-state index >= 15 is 0 Å². The highest BCUT2D eigenvalue weighted by Gasteiger charge is 2.10. The lowest BCUT2D eigenvalue weighted by Gasteiger charge is -2.14. The number of allylic oxidation sites excluding steroid dienone is 8. The van der Waals surface area contributed by atoms with E-state index in [1.165, 1.54) is 33.4 Å². The molecule has 0 unspecified atom stereocenters. The van der Waals surface area contributed by atoms with Gasteiger partial charge < -0.3 is 0 Å². The number of hydrogen-bond acceptors (Lipinski definition) is 0. The lowest BCUT2D eigenvalue weighted by Crippen LogP contribution is -1.90. The molecule has 0 N–H and O–H groups in total. The fraction of sp³-hybridized carbons (Fsp3) is 0.0667. The van der Waals surface area contributed by atoms with Crippen LogP contribution in [0, 0.1) is 0 Å². The van der Waals surface area contributed by atoms with Crippen molar-refractivity contribution in [3.8, 4) is 22.3 Å². The van der Waals surface area contributed by atoms with Crippen molar-refractivity contribution in [1.29, 1.82) is 0 Å². The molecule has 0 fully saturated rings. The van der Waals surface area contributed by atoms with Crippen LogP contribution >= 0.6 is 0 Å². The molecule has 30 heavy (non-hydrogen) atoms. The lowest BCUT2D eigenvalue weighted by atomic mass is 9.90. The molecule has 0 nitrogen and oxygen atoms in total. The molecule has 0 aliphatic rings. The van der Waals surface area contributed by atoms with Gasteiger partial charge in [-0.1, -0.05) is 116 Å². The molecule has 0 heteroatoms.